The summed E-state index contributed by atoms with van der Waals surface area (Å²) in [7, 11) is 4.49. The predicted octanol–water partition coefficient (Wildman–Crippen LogP) is 1.87. The molecule has 0 atom stereocenters. The van der Waals surface area contributed by atoms with Crippen LogP contribution in [0.2, 0.25) is 0 Å². The van der Waals surface area contributed by atoms with E-state index in [0.29, 0.717) is 18.0 Å². The molecule has 17 heavy (non-hydrogen) atoms. The minimum atomic E-state index is -0.459. The summed E-state index contributed by atoms with van der Waals surface area (Å²) in [6.07, 6.45) is -0.459. The van der Waals surface area contributed by atoms with Crippen molar-refractivity contribution in [1.82, 2.24) is 5.32 Å². The molecule has 0 fully saturated rings. The van der Waals surface area contributed by atoms with E-state index in [0.717, 1.165) is 11.1 Å². The SMILES string of the molecule is COC(=O)NCc1cc(OC)c(OC)cc1C. The van der Waals surface area contributed by atoms with Crippen LogP contribution in [0.3, 0.4) is 0 Å². The average Bonchev–Trinajstić information content (AvgIpc) is 2.36. The first-order valence-corrected chi connectivity index (χ1v) is 5.15. The van der Waals surface area contributed by atoms with E-state index in [9.17, 15) is 4.79 Å². The number of alkyl carbamates (subject to hydrolysis) is 1. The zero-order valence-corrected chi connectivity index (χ0v) is 10.5. The lowest BCUT2D eigenvalue weighted by atomic mass is 10.1. The number of carbonyl (C=O) groups excluding carboxylic acids is 1. The lowest BCUT2D eigenvalue weighted by Gasteiger charge is -2.13. The molecule has 0 spiro atoms. The van der Waals surface area contributed by atoms with Crippen LogP contribution in [0.1, 0.15) is 11.1 Å². The Hall–Kier alpha value is -1.91. The third-order valence-electron chi connectivity index (χ3n) is 2.45. The number of aryl methyl sites for hydroxylation is 1. The number of benzene rings is 1. The molecule has 1 aromatic rings. The highest BCUT2D eigenvalue weighted by molar-refractivity contribution is 5.67. The van der Waals surface area contributed by atoms with Crippen molar-refractivity contribution in [2.75, 3.05) is 21.3 Å². The first kappa shape index (κ1) is 13.2. The number of rotatable bonds is 4. The van der Waals surface area contributed by atoms with Crippen LogP contribution in [0, 0.1) is 6.92 Å². The maximum absolute atomic E-state index is 11.0. The molecule has 0 bridgehead atoms. The van der Waals surface area contributed by atoms with Gasteiger partial charge in [-0.1, -0.05) is 0 Å². The molecule has 5 heteroatoms. The van der Waals surface area contributed by atoms with Gasteiger partial charge in [0.05, 0.1) is 21.3 Å². The number of ether oxygens (including phenoxy) is 3. The Kier molecular flexibility index (Phi) is 4.63. The highest BCUT2D eigenvalue weighted by Gasteiger charge is 2.09. The van der Waals surface area contributed by atoms with Crippen molar-refractivity contribution in [3.8, 4) is 11.5 Å². The molecule has 0 saturated heterocycles. The second-order valence-electron chi connectivity index (χ2n) is 3.48. The summed E-state index contributed by atoms with van der Waals surface area (Å²) < 4.78 is 14.9. The number of nitrogens with one attached hydrogen (secondary N) is 1. The summed E-state index contributed by atoms with van der Waals surface area (Å²) >= 11 is 0. The highest BCUT2D eigenvalue weighted by Crippen LogP contribution is 2.30. The number of amides is 1. The minimum Gasteiger partial charge on any atom is -0.493 e. The van der Waals surface area contributed by atoms with E-state index in [2.05, 4.69) is 10.1 Å². The van der Waals surface area contributed by atoms with Gasteiger partial charge < -0.3 is 19.5 Å². The van der Waals surface area contributed by atoms with Crippen molar-refractivity contribution in [1.29, 1.82) is 0 Å². The summed E-state index contributed by atoms with van der Waals surface area (Å²) in [5.41, 5.74) is 1.96. The second-order valence-corrected chi connectivity index (χ2v) is 3.48. The molecule has 1 amide bonds. The van der Waals surface area contributed by atoms with E-state index in [1.54, 1.807) is 14.2 Å². The highest BCUT2D eigenvalue weighted by atomic mass is 16.5. The summed E-state index contributed by atoms with van der Waals surface area (Å²) in [5, 5.41) is 2.62. The molecule has 94 valence electrons. The van der Waals surface area contributed by atoms with Crippen LogP contribution >= 0.6 is 0 Å². The largest absolute Gasteiger partial charge is 0.493 e. The first-order chi connectivity index (χ1) is 8.12. The van der Waals surface area contributed by atoms with Gasteiger partial charge in [0.15, 0.2) is 11.5 Å². The topological polar surface area (TPSA) is 56.8 Å². The van der Waals surface area contributed by atoms with Gasteiger partial charge in [-0.05, 0) is 30.2 Å². The zero-order chi connectivity index (χ0) is 12.8. The number of carbonyl (C=O) groups is 1. The Morgan fingerprint density at radius 3 is 2.29 bits per heavy atom. The van der Waals surface area contributed by atoms with Crippen LogP contribution in [-0.2, 0) is 11.3 Å². The van der Waals surface area contributed by atoms with E-state index in [-0.39, 0.29) is 0 Å². The van der Waals surface area contributed by atoms with E-state index < -0.39 is 6.09 Å². The van der Waals surface area contributed by atoms with Crippen molar-refractivity contribution >= 4 is 6.09 Å². The van der Waals surface area contributed by atoms with Gasteiger partial charge in [0.25, 0.3) is 0 Å². The molecule has 0 aromatic heterocycles. The van der Waals surface area contributed by atoms with Crippen LogP contribution in [0.5, 0.6) is 11.5 Å². The molecule has 0 aliphatic heterocycles. The molecule has 1 rings (SSSR count). The number of hydrogen-bond acceptors (Lipinski definition) is 4. The Labute approximate surface area is 101 Å². The fourth-order valence-electron chi connectivity index (χ4n) is 1.45. The fraction of sp³-hybridized carbons (Fsp3) is 0.417. The van der Waals surface area contributed by atoms with E-state index in [1.165, 1.54) is 7.11 Å². The number of hydrogen-bond donors (Lipinski definition) is 1. The van der Waals surface area contributed by atoms with Crippen LogP contribution in [-0.4, -0.2) is 27.4 Å². The smallest absolute Gasteiger partial charge is 0.407 e. The quantitative estimate of drug-likeness (QED) is 0.871. The van der Waals surface area contributed by atoms with Crippen LogP contribution in [0.4, 0.5) is 4.79 Å². The molecule has 0 radical (unpaired) electrons. The summed E-state index contributed by atoms with van der Waals surface area (Å²) in [5.74, 6) is 1.31. The lowest BCUT2D eigenvalue weighted by Crippen LogP contribution is -2.22. The first-order valence-electron chi connectivity index (χ1n) is 5.15. The molecule has 0 heterocycles. The van der Waals surface area contributed by atoms with Crippen molar-refractivity contribution in [2.24, 2.45) is 0 Å². The van der Waals surface area contributed by atoms with Gasteiger partial charge >= 0.3 is 6.09 Å². The standard InChI is InChI=1S/C12H17NO4/c1-8-5-10(15-2)11(16-3)6-9(8)7-13-12(14)17-4/h5-6H,7H2,1-4H3,(H,13,14). The number of methoxy groups -OCH3 is 3. The van der Waals surface area contributed by atoms with E-state index in [4.69, 9.17) is 9.47 Å². The molecular formula is C12H17NO4. The van der Waals surface area contributed by atoms with E-state index >= 15 is 0 Å². The summed E-state index contributed by atoms with van der Waals surface area (Å²) in [6.45, 7) is 2.33. The maximum atomic E-state index is 11.0. The second kappa shape index (κ2) is 5.98. The lowest BCUT2D eigenvalue weighted by molar-refractivity contribution is 0.170. The molecule has 5 nitrogen and oxygen atoms in total. The predicted molar refractivity (Wildman–Crippen MR) is 63.5 cm³/mol. The van der Waals surface area contributed by atoms with Crippen molar-refractivity contribution in [3.63, 3.8) is 0 Å². The van der Waals surface area contributed by atoms with Crippen LogP contribution in [0.15, 0.2) is 12.1 Å². The Morgan fingerprint density at radius 1 is 1.18 bits per heavy atom. The van der Waals surface area contributed by atoms with Crippen molar-refractivity contribution in [2.45, 2.75) is 13.5 Å². The van der Waals surface area contributed by atoms with Gasteiger partial charge in [-0.3, -0.25) is 0 Å². The van der Waals surface area contributed by atoms with Gasteiger partial charge in [-0.25, -0.2) is 4.79 Å². The third kappa shape index (κ3) is 3.27. The monoisotopic (exact) mass is 239 g/mol. The van der Waals surface area contributed by atoms with E-state index in [1.807, 2.05) is 19.1 Å². The Morgan fingerprint density at radius 2 is 1.76 bits per heavy atom. The molecule has 1 N–H and O–H groups in total. The van der Waals surface area contributed by atoms with Gasteiger partial charge in [0, 0.05) is 6.54 Å². The van der Waals surface area contributed by atoms with Crippen molar-refractivity contribution in [3.05, 3.63) is 23.3 Å². The molecule has 0 unspecified atom stereocenters. The summed E-state index contributed by atoms with van der Waals surface area (Å²) in [4.78, 5) is 11.0. The van der Waals surface area contributed by atoms with Gasteiger partial charge in [-0.2, -0.15) is 0 Å². The average molecular weight is 239 g/mol. The Balaban J connectivity index is 2.89. The van der Waals surface area contributed by atoms with Crippen LogP contribution in [0.25, 0.3) is 0 Å². The van der Waals surface area contributed by atoms with Gasteiger partial charge in [0.1, 0.15) is 0 Å². The molecule has 0 aliphatic rings. The molecule has 0 saturated carbocycles. The van der Waals surface area contributed by atoms with Crippen LogP contribution < -0.4 is 14.8 Å². The molecular weight excluding hydrogens is 222 g/mol. The third-order valence-corrected chi connectivity index (χ3v) is 2.45. The minimum absolute atomic E-state index is 0.388. The van der Waals surface area contributed by atoms with Gasteiger partial charge in [-0.15, -0.1) is 0 Å². The van der Waals surface area contributed by atoms with Crippen molar-refractivity contribution < 1.29 is 19.0 Å². The normalized spacial score (nSPS) is 9.65. The molecule has 1 aromatic carbocycles. The Bertz CT molecular complexity index is 404. The fourth-order valence-corrected chi connectivity index (χ4v) is 1.45. The maximum Gasteiger partial charge on any atom is 0.407 e. The zero-order valence-electron chi connectivity index (χ0n) is 10.5. The summed E-state index contributed by atoms with van der Waals surface area (Å²) in [6, 6.07) is 3.71. The van der Waals surface area contributed by atoms with Gasteiger partial charge in [0.2, 0.25) is 0 Å². The molecule has 0 aliphatic carbocycles.